The number of fused-ring (bicyclic) bond motifs is 1. The second-order valence-corrected chi connectivity index (χ2v) is 7.31. The van der Waals surface area contributed by atoms with Gasteiger partial charge in [-0.3, -0.25) is 4.79 Å². The minimum atomic E-state index is -0.227. The van der Waals surface area contributed by atoms with E-state index in [4.69, 9.17) is 35.3 Å². The molecule has 0 radical (unpaired) electrons. The van der Waals surface area contributed by atoms with E-state index in [9.17, 15) is 4.79 Å². The summed E-state index contributed by atoms with van der Waals surface area (Å²) in [5.74, 6) is 2.34. The van der Waals surface area contributed by atoms with Gasteiger partial charge in [0.15, 0.2) is 17.3 Å². The molecule has 0 aromatic heterocycles. The highest BCUT2D eigenvalue weighted by molar-refractivity contribution is 6.31. The maximum absolute atomic E-state index is 12.9. The van der Waals surface area contributed by atoms with Gasteiger partial charge in [0, 0.05) is 22.2 Å². The molecule has 0 aliphatic carbocycles. The number of methoxy groups -OCH3 is 3. The van der Waals surface area contributed by atoms with E-state index in [-0.39, 0.29) is 11.5 Å². The van der Waals surface area contributed by atoms with Gasteiger partial charge < -0.3 is 23.7 Å². The van der Waals surface area contributed by atoms with Gasteiger partial charge in [-0.2, -0.15) is 0 Å². The maximum atomic E-state index is 12.9. The Labute approximate surface area is 190 Å². The molecule has 7 heteroatoms. The molecule has 4 rings (SSSR count). The van der Waals surface area contributed by atoms with Crippen LogP contribution in [0.4, 0.5) is 0 Å². The van der Waals surface area contributed by atoms with Gasteiger partial charge >= 0.3 is 0 Å². The van der Waals surface area contributed by atoms with E-state index in [2.05, 4.69) is 0 Å². The van der Waals surface area contributed by atoms with Crippen molar-refractivity contribution in [2.45, 2.75) is 6.61 Å². The minimum Gasteiger partial charge on any atom is -0.493 e. The number of ether oxygens (including phenoxy) is 5. The molecule has 6 nitrogen and oxygen atoms in total. The molecule has 164 valence electrons. The Hall–Kier alpha value is -3.64. The first-order chi connectivity index (χ1) is 15.5. The zero-order valence-corrected chi connectivity index (χ0v) is 18.6. The molecule has 0 bridgehead atoms. The largest absolute Gasteiger partial charge is 0.493 e. The van der Waals surface area contributed by atoms with Crippen LogP contribution in [0, 0.1) is 0 Å². The number of allylic oxidation sites excluding steroid dienone is 1. The summed E-state index contributed by atoms with van der Waals surface area (Å²) >= 11 is 6.18. The highest BCUT2D eigenvalue weighted by Gasteiger charge is 2.28. The number of benzene rings is 3. The molecule has 0 unspecified atom stereocenters. The molecule has 0 saturated carbocycles. The predicted octanol–water partition coefficient (Wildman–Crippen LogP) is 5.56. The second-order valence-electron chi connectivity index (χ2n) is 6.90. The topological polar surface area (TPSA) is 63.2 Å². The quantitative estimate of drug-likeness (QED) is 0.437. The van der Waals surface area contributed by atoms with Gasteiger partial charge in [-0.05, 0) is 36.4 Å². The van der Waals surface area contributed by atoms with Crippen molar-refractivity contribution in [3.63, 3.8) is 0 Å². The molecule has 1 aliphatic rings. The Morgan fingerprint density at radius 2 is 1.72 bits per heavy atom. The van der Waals surface area contributed by atoms with Crippen LogP contribution >= 0.6 is 11.6 Å². The number of ketones is 1. The van der Waals surface area contributed by atoms with Crippen molar-refractivity contribution in [2.75, 3.05) is 21.3 Å². The molecular weight excluding hydrogens is 432 g/mol. The molecule has 32 heavy (non-hydrogen) atoms. The standard InChI is InChI=1S/C25H21ClO6/c1-28-20-11-8-15(24(29-2)25(20)30-3)12-22-23(27)18-10-9-17(13-21(18)32-22)31-14-16-6-4-5-7-19(16)26/h4-13H,14H2,1-3H3/b22-12-. The normalized spacial score (nSPS) is 13.5. The monoisotopic (exact) mass is 452 g/mol. The number of rotatable bonds is 7. The molecule has 0 atom stereocenters. The summed E-state index contributed by atoms with van der Waals surface area (Å²) in [5.41, 5.74) is 1.95. The first kappa shape index (κ1) is 21.6. The number of halogens is 1. The molecule has 0 spiro atoms. The highest BCUT2D eigenvalue weighted by atomic mass is 35.5. The number of carbonyl (C=O) groups is 1. The van der Waals surface area contributed by atoms with E-state index >= 15 is 0 Å². The minimum absolute atomic E-state index is 0.175. The van der Waals surface area contributed by atoms with E-state index in [0.29, 0.717) is 51.5 Å². The smallest absolute Gasteiger partial charge is 0.231 e. The molecule has 0 N–H and O–H groups in total. The number of hydrogen-bond donors (Lipinski definition) is 0. The molecule has 3 aromatic carbocycles. The zero-order valence-electron chi connectivity index (χ0n) is 17.8. The molecule has 1 aliphatic heterocycles. The van der Waals surface area contributed by atoms with E-state index < -0.39 is 0 Å². The third kappa shape index (κ3) is 4.09. The molecule has 1 heterocycles. The molecule has 0 fully saturated rings. The SMILES string of the molecule is COc1ccc(/C=C2\Oc3cc(OCc4ccccc4Cl)ccc3C2=O)c(OC)c1OC. The van der Waals surface area contributed by atoms with Gasteiger partial charge in [0.2, 0.25) is 11.5 Å². The van der Waals surface area contributed by atoms with E-state index in [1.165, 1.54) is 14.2 Å². The van der Waals surface area contributed by atoms with Crippen molar-refractivity contribution in [1.82, 2.24) is 0 Å². The number of hydrogen-bond acceptors (Lipinski definition) is 6. The van der Waals surface area contributed by atoms with Crippen LogP contribution < -0.4 is 23.7 Å². The average molecular weight is 453 g/mol. The van der Waals surface area contributed by atoms with Crippen LogP contribution in [-0.4, -0.2) is 27.1 Å². The van der Waals surface area contributed by atoms with Crippen LogP contribution in [0.1, 0.15) is 21.5 Å². The Bertz CT molecular complexity index is 1200. The highest BCUT2D eigenvalue weighted by Crippen LogP contribution is 2.42. The summed E-state index contributed by atoms with van der Waals surface area (Å²) in [6.07, 6.45) is 1.62. The van der Waals surface area contributed by atoms with Crippen molar-refractivity contribution in [3.05, 3.63) is 82.1 Å². The lowest BCUT2D eigenvalue weighted by molar-refractivity contribution is 0.101. The third-order valence-corrected chi connectivity index (χ3v) is 5.38. The lowest BCUT2D eigenvalue weighted by Crippen LogP contribution is -2.00. The average Bonchev–Trinajstić information content (AvgIpc) is 3.12. The molecule has 0 amide bonds. The molecule has 0 saturated heterocycles. The molecule has 3 aromatic rings. The predicted molar refractivity (Wildman–Crippen MR) is 121 cm³/mol. The van der Waals surface area contributed by atoms with Crippen molar-refractivity contribution in [1.29, 1.82) is 0 Å². The Morgan fingerprint density at radius 1 is 0.938 bits per heavy atom. The van der Waals surface area contributed by atoms with Crippen LogP contribution in [0.2, 0.25) is 5.02 Å². The lowest BCUT2D eigenvalue weighted by Gasteiger charge is -2.14. The Kier molecular flexibility index (Phi) is 6.23. The maximum Gasteiger partial charge on any atom is 0.231 e. The zero-order chi connectivity index (χ0) is 22.7. The first-order valence-corrected chi connectivity index (χ1v) is 10.2. The van der Waals surface area contributed by atoms with Gasteiger partial charge in [0.05, 0.1) is 26.9 Å². The van der Waals surface area contributed by atoms with E-state index in [1.54, 1.807) is 43.5 Å². The summed E-state index contributed by atoms with van der Waals surface area (Å²) in [7, 11) is 4.59. The van der Waals surface area contributed by atoms with Crippen molar-refractivity contribution < 1.29 is 28.5 Å². The number of carbonyl (C=O) groups excluding carboxylic acids is 1. The Balaban J connectivity index is 1.58. The van der Waals surface area contributed by atoms with E-state index in [0.717, 1.165) is 5.56 Å². The van der Waals surface area contributed by atoms with Crippen LogP contribution in [0.25, 0.3) is 6.08 Å². The third-order valence-electron chi connectivity index (χ3n) is 5.01. The van der Waals surface area contributed by atoms with Gasteiger partial charge in [-0.15, -0.1) is 0 Å². The van der Waals surface area contributed by atoms with Crippen LogP contribution in [0.5, 0.6) is 28.7 Å². The van der Waals surface area contributed by atoms with Gasteiger partial charge in [0.1, 0.15) is 18.1 Å². The second kappa shape index (κ2) is 9.24. The van der Waals surface area contributed by atoms with Crippen LogP contribution in [-0.2, 0) is 6.61 Å². The van der Waals surface area contributed by atoms with Gasteiger partial charge in [-0.1, -0.05) is 29.8 Å². The first-order valence-electron chi connectivity index (χ1n) is 9.79. The van der Waals surface area contributed by atoms with Crippen molar-refractivity contribution >= 4 is 23.5 Å². The van der Waals surface area contributed by atoms with Gasteiger partial charge in [-0.25, -0.2) is 0 Å². The van der Waals surface area contributed by atoms with Crippen LogP contribution in [0.15, 0.2) is 60.4 Å². The fourth-order valence-corrected chi connectivity index (χ4v) is 3.60. The van der Waals surface area contributed by atoms with Crippen molar-refractivity contribution in [3.8, 4) is 28.7 Å². The summed E-state index contributed by atoms with van der Waals surface area (Å²) in [5, 5.41) is 0.633. The summed E-state index contributed by atoms with van der Waals surface area (Å²) < 4.78 is 27.9. The number of Topliss-reactive ketones (excluding diaryl/α,β-unsaturated/α-hetero) is 1. The summed E-state index contributed by atoms with van der Waals surface area (Å²) in [6, 6.07) is 16.1. The van der Waals surface area contributed by atoms with Crippen LogP contribution in [0.3, 0.4) is 0 Å². The molecular formula is C25H21ClO6. The van der Waals surface area contributed by atoms with E-state index in [1.807, 2.05) is 24.3 Å². The summed E-state index contributed by atoms with van der Waals surface area (Å²) in [4.78, 5) is 12.9. The summed E-state index contributed by atoms with van der Waals surface area (Å²) in [6.45, 7) is 0.304. The van der Waals surface area contributed by atoms with Crippen molar-refractivity contribution in [2.24, 2.45) is 0 Å². The fraction of sp³-hybridized carbons (Fsp3) is 0.160. The lowest BCUT2D eigenvalue weighted by atomic mass is 10.1. The fourth-order valence-electron chi connectivity index (χ4n) is 3.41. The Morgan fingerprint density at radius 3 is 2.44 bits per heavy atom. The van der Waals surface area contributed by atoms with Gasteiger partial charge in [0.25, 0.3) is 0 Å².